The van der Waals surface area contributed by atoms with Crippen molar-refractivity contribution in [3.05, 3.63) is 40.6 Å². The Morgan fingerprint density at radius 3 is 2.86 bits per heavy atom. The van der Waals surface area contributed by atoms with Crippen LogP contribution in [-0.2, 0) is 4.79 Å². The van der Waals surface area contributed by atoms with Crippen LogP contribution >= 0.6 is 11.8 Å². The molecular formula is C16H17FN2OS. The number of halogens is 1. The van der Waals surface area contributed by atoms with Gasteiger partial charge in [-0.15, -0.1) is 0 Å². The quantitative estimate of drug-likeness (QED) is 0.846. The highest BCUT2D eigenvalue weighted by atomic mass is 32.2. The predicted molar refractivity (Wildman–Crippen MR) is 84.4 cm³/mol. The first-order valence-electron chi connectivity index (χ1n) is 7.25. The second-order valence-corrected chi connectivity index (χ2v) is 6.38. The van der Waals surface area contributed by atoms with E-state index in [-0.39, 0.29) is 11.7 Å². The number of amides is 1. The molecule has 0 radical (unpaired) electrons. The number of aliphatic imine (C=N–C) groups is 1. The van der Waals surface area contributed by atoms with Gasteiger partial charge in [0.05, 0.1) is 10.9 Å². The Labute approximate surface area is 127 Å². The van der Waals surface area contributed by atoms with E-state index in [9.17, 15) is 9.18 Å². The van der Waals surface area contributed by atoms with Crippen molar-refractivity contribution in [2.24, 2.45) is 4.99 Å². The Morgan fingerprint density at radius 2 is 2.10 bits per heavy atom. The number of benzene rings is 1. The van der Waals surface area contributed by atoms with Gasteiger partial charge in [-0.05, 0) is 48.4 Å². The monoisotopic (exact) mass is 304 g/mol. The first-order chi connectivity index (χ1) is 10.2. The minimum Gasteiger partial charge on any atom is -0.301 e. The van der Waals surface area contributed by atoms with Gasteiger partial charge in [0.25, 0.3) is 5.91 Å². The summed E-state index contributed by atoms with van der Waals surface area (Å²) in [5.41, 5.74) is 0.687. The van der Waals surface area contributed by atoms with E-state index in [1.165, 1.54) is 43.2 Å². The van der Waals surface area contributed by atoms with Crippen molar-refractivity contribution in [3.63, 3.8) is 0 Å². The lowest BCUT2D eigenvalue weighted by Gasteiger charge is -2.17. The zero-order valence-corrected chi connectivity index (χ0v) is 12.5. The van der Waals surface area contributed by atoms with Crippen molar-refractivity contribution < 1.29 is 9.18 Å². The third kappa shape index (κ3) is 3.73. The van der Waals surface area contributed by atoms with E-state index in [2.05, 4.69) is 10.3 Å². The lowest BCUT2D eigenvalue weighted by molar-refractivity contribution is -0.115. The van der Waals surface area contributed by atoms with Crippen molar-refractivity contribution in [1.82, 2.24) is 5.32 Å². The van der Waals surface area contributed by atoms with Gasteiger partial charge in [-0.3, -0.25) is 9.79 Å². The summed E-state index contributed by atoms with van der Waals surface area (Å²) in [7, 11) is 0. The average Bonchev–Trinajstić information content (AvgIpc) is 2.80. The van der Waals surface area contributed by atoms with Gasteiger partial charge in [0.2, 0.25) is 0 Å². The molecule has 3 rings (SSSR count). The second kappa shape index (κ2) is 6.43. The zero-order valence-electron chi connectivity index (χ0n) is 11.6. The van der Waals surface area contributed by atoms with E-state index in [1.807, 2.05) is 0 Å². The van der Waals surface area contributed by atoms with Crippen LogP contribution in [0.3, 0.4) is 0 Å². The molecule has 1 aromatic rings. The lowest BCUT2D eigenvalue weighted by Crippen LogP contribution is -2.22. The molecule has 2 aliphatic rings. The minimum absolute atomic E-state index is 0.154. The Kier molecular flexibility index (Phi) is 4.39. The fourth-order valence-corrected chi connectivity index (χ4v) is 3.50. The molecule has 1 aliphatic heterocycles. The van der Waals surface area contributed by atoms with Gasteiger partial charge in [-0.1, -0.05) is 31.4 Å². The van der Waals surface area contributed by atoms with Crippen LogP contribution in [0.25, 0.3) is 6.08 Å². The highest BCUT2D eigenvalue weighted by Gasteiger charge is 2.25. The van der Waals surface area contributed by atoms with E-state index < -0.39 is 0 Å². The molecule has 1 N–H and O–H groups in total. The number of nitrogens with one attached hydrogen (secondary N) is 1. The van der Waals surface area contributed by atoms with Gasteiger partial charge in [0, 0.05) is 0 Å². The van der Waals surface area contributed by atoms with Crippen molar-refractivity contribution in [3.8, 4) is 0 Å². The molecule has 0 bridgehead atoms. The predicted octanol–water partition coefficient (Wildman–Crippen LogP) is 3.72. The molecule has 2 fully saturated rings. The summed E-state index contributed by atoms with van der Waals surface area (Å²) in [5, 5.41) is 3.47. The van der Waals surface area contributed by atoms with Crippen LogP contribution in [0, 0.1) is 5.82 Å². The van der Waals surface area contributed by atoms with Crippen LogP contribution in [0.1, 0.15) is 37.7 Å². The Morgan fingerprint density at radius 1 is 1.29 bits per heavy atom. The van der Waals surface area contributed by atoms with Crippen LogP contribution < -0.4 is 5.32 Å². The van der Waals surface area contributed by atoms with Gasteiger partial charge in [-0.2, -0.15) is 0 Å². The number of hydrogen-bond acceptors (Lipinski definition) is 3. The number of carbonyl (C=O) groups excluding carboxylic acids is 1. The van der Waals surface area contributed by atoms with Gasteiger partial charge >= 0.3 is 0 Å². The molecule has 0 unspecified atom stereocenters. The van der Waals surface area contributed by atoms with E-state index in [1.54, 1.807) is 18.2 Å². The highest BCUT2D eigenvalue weighted by Crippen LogP contribution is 2.28. The maximum atomic E-state index is 13.2. The van der Waals surface area contributed by atoms with Crippen molar-refractivity contribution in [2.45, 2.75) is 38.1 Å². The van der Waals surface area contributed by atoms with Gasteiger partial charge in [0.1, 0.15) is 5.82 Å². The molecule has 1 saturated carbocycles. The summed E-state index contributed by atoms with van der Waals surface area (Å²) in [6.07, 6.45) is 7.61. The van der Waals surface area contributed by atoms with Gasteiger partial charge in [0.15, 0.2) is 5.17 Å². The average molecular weight is 304 g/mol. The van der Waals surface area contributed by atoms with Crippen LogP contribution in [0.4, 0.5) is 4.39 Å². The Hall–Kier alpha value is -1.62. The van der Waals surface area contributed by atoms with Crippen molar-refractivity contribution in [2.75, 3.05) is 0 Å². The molecular weight excluding hydrogens is 287 g/mol. The number of carbonyl (C=O) groups is 1. The van der Waals surface area contributed by atoms with E-state index in [0.29, 0.717) is 21.7 Å². The van der Waals surface area contributed by atoms with Crippen LogP contribution in [-0.4, -0.2) is 17.1 Å². The normalized spacial score (nSPS) is 23.8. The number of amidine groups is 1. The molecule has 3 nitrogen and oxygen atoms in total. The summed E-state index contributed by atoms with van der Waals surface area (Å²) in [6, 6.07) is 6.54. The second-order valence-electron chi connectivity index (χ2n) is 5.35. The fourth-order valence-electron chi connectivity index (χ4n) is 2.61. The van der Waals surface area contributed by atoms with Crippen LogP contribution in [0.15, 0.2) is 34.2 Å². The minimum atomic E-state index is -0.302. The molecule has 0 spiro atoms. The SMILES string of the molecule is O=C1NC(=NC2CCCCC2)S/C1=C\c1cccc(F)c1. The molecule has 1 saturated heterocycles. The zero-order chi connectivity index (χ0) is 14.7. The maximum absolute atomic E-state index is 13.2. The molecule has 110 valence electrons. The van der Waals surface area contributed by atoms with E-state index in [4.69, 9.17) is 0 Å². The summed E-state index contributed by atoms with van der Waals surface area (Å²) in [6.45, 7) is 0. The Balaban J connectivity index is 1.73. The first-order valence-corrected chi connectivity index (χ1v) is 8.06. The van der Waals surface area contributed by atoms with Crippen molar-refractivity contribution in [1.29, 1.82) is 0 Å². The summed E-state index contributed by atoms with van der Waals surface area (Å²) < 4.78 is 13.2. The molecule has 1 heterocycles. The number of nitrogens with zero attached hydrogens (tertiary/aromatic N) is 1. The number of hydrogen-bond donors (Lipinski definition) is 1. The molecule has 5 heteroatoms. The van der Waals surface area contributed by atoms with Gasteiger partial charge in [-0.25, -0.2) is 4.39 Å². The molecule has 1 aromatic carbocycles. The largest absolute Gasteiger partial charge is 0.301 e. The first kappa shape index (κ1) is 14.3. The van der Waals surface area contributed by atoms with E-state index in [0.717, 1.165) is 12.8 Å². The van der Waals surface area contributed by atoms with Crippen molar-refractivity contribution >= 4 is 28.9 Å². The molecule has 1 amide bonds. The fraction of sp³-hybridized carbons (Fsp3) is 0.375. The molecule has 0 atom stereocenters. The lowest BCUT2D eigenvalue weighted by atomic mass is 9.96. The smallest absolute Gasteiger partial charge is 0.264 e. The topological polar surface area (TPSA) is 41.5 Å². The summed E-state index contributed by atoms with van der Waals surface area (Å²) in [5.74, 6) is -0.456. The highest BCUT2D eigenvalue weighted by molar-refractivity contribution is 8.18. The number of thioether (sulfide) groups is 1. The van der Waals surface area contributed by atoms with Crippen LogP contribution in [0.2, 0.25) is 0 Å². The third-order valence-corrected chi connectivity index (χ3v) is 4.60. The molecule has 0 aromatic heterocycles. The third-order valence-electron chi connectivity index (χ3n) is 3.67. The maximum Gasteiger partial charge on any atom is 0.264 e. The summed E-state index contributed by atoms with van der Waals surface area (Å²) in [4.78, 5) is 17.1. The molecule has 1 aliphatic carbocycles. The Bertz CT molecular complexity index is 606. The standard InChI is InChI=1S/C16H17FN2OS/c17-12-6-4-5-11(9-12)10-14-15(20)19-16(21-14)18-13-7-2-1-3-8-13/h4-6,9-10,13H,1-3,7-8H2,(H,18,19,20)/b14-10-. The van der Waals surface area contributed by atoms with E-state index >= 15 is 0 Å². The van der Waals surface area contributed by atoms with Crippen LogP contribution in [0.5, 0.6) is 0 Å². The molecule has 21 heavy (non-hydrogen) atoms. The summed E-state index contributed by atoms with van der Waals surface area (Å²) >= 11 is 1.34. The van der Waals surface area contributed by atoms with Gasteiger partial charge < -0.3 is 5.32 Å². The number of rotatable bonds is 2.